The Bertz CT molecular complexity index is 516. The van der Waals surface area contributed by atoms with Crippen LogP contribution in [-0.2, 0) is 6.54 Å². The molecule has 0 unspecified atom stereocenters. The Morgan fingerprint density at radius 3 is 2.94 bits per heavy atom. The zero-order chi connectivity index (χ0) is 12.8. The fourth-order valence-electron chi connectivity index (χ4n) is 1.58. The lowest BCUT2D eigenvalue weighted by Crippen LogP contribution is -2.06. The van der Waals surface area contributed by atoms with E-state index in [0.29, 0.717) is 19.0 Å². The van der Waals surface area contributed by atoms with Crippen molar-refractivity contribution < 1.29 is 4.74 Å². The van der Waals surface area contributed by atoms with Crippen LogP contribution in [0, 0.1) is 0 Å². The van der Waals surface area contributed by atoms with Gasteiger partial charge in [0.25, 0.3) is 0 Å². The Hall–Kier alpha value is -2.30. The van der Waals surface area contributed by atoms with E-state index in [1.54, 1.807) is 6.20 Å². The first-order chi connectivity index (χ1) is 8.81. The molecule has 0 aliphatic carbocycles. The molecule has 0 saturated heterocycles. The average Bonchev–Trinajstić information content (AvgIpc) is 2.40. The molecule has 0 bridgehead atoms. The summed E-state index contributed by atoms with van der Waals surface area (Å²) in [5.41, 5.74) is 8.44. The molecule has 1 aromatic heterocycles. The lowest BCUT2D eigenvalue weighted by molar-refractivity contribution is 0.328. The second-order valence-corrected chi connectivity index (χ2v) is 3.73. The lowest BCUT2D eigenvalue weighted by Gasteiger charge is -2.11. The van der Waals surface area contributed by atoms with Crippen molar-refractivity contribution in [2.45, 2.75) is 13.5 Å². The van der Waals surface area contributed by atoms with Crippen LogP contribution in [0.3, 0.4) is 0 Å². The van der Waals surface area contributed by atoms with Gasteiger partial charge in [0.05, 0.1) is 12.8 Å². The van der Waals surface area contributed by atoms with Gasteiger partial charge in [0.15, 0.2) is 0 Å². The van der Waals surface area contributed by atoms with Crippen LogP contribution in [0.2, 0.25) is 0 Å². The molecule has 0 radical (unpaired) electrons. The topological polar surface area (TPSA) is 73.1 Å². The molecule has 0 spiro atoms. The van der Waals surface area contributed by atoms with Crippen molar-refractivity contribution in [3.05, 3.63) is 42.4 Å². The summed E-state index contributed by atoms with van der Waals surface area (Å²) < 4.78 is 5.41. The Morgan fingerprint density at radius 1 is 1.33 bits per heavy atom. The zero-order valence-electron chi connectivity index (χ0n) is 10.3. The third kappa shape index (κ3) is 2.88. The molecule has 0 amide bonds. The van der Waals surface area contributed by atoms with Gasteiger partial charge in [0.2, 0.25) is 5.88 Å². The molecular formula is C13H16N4O. The van der Waals surface area contributed by atoms with Crippen molar-refractivity contribution in [3.63, 3.8) is 0 Å². The van der Waals surface area contributed by atoms with Crippen LogP contribution in [-0.4, -0.2) is 16.6 Å². The Kier molecular flexibility index (Phi) is 3.96. The number of anilines is 2. The van der Waals surface area contributed by atoms with Crippen LogP contribution in [0.15, 0.2) is 36.8 Å². The van der Waals surface area contributed by atoms with Gasteiger partial charge < -0.3 is 15.8 Å². The maximum Gasteiger partial charge on any atom is 0.240 e. The second kappa shape index (κ2) is 5.86. The summed E-state index contributed by atoms with van der Waals surface area (Å²) in [4.78, 5) is 8.05. The minimum Gasteiger partial charge on any atom is -0.476 e. The van der Waals surface area contributed by atoms with Gasteiger partial charge in [-0.1, -0.05) is 18.2 Å². The van der Waals surface area contributed by atoms with E-state index in [1.165, 1.54) is 6.33 Å². The SMILES string of the molecule is CCOc1ncncc1NCc1ccccc1N. The minimum atomic E-state index is 0.557. The predicted molar refractivity (Wildman–Crippen MR) is 71.4 cm³/mol. The molecule has 1 heterocycles. The molecule has 0 fully saturated rings. The molecular weight excluding hydrogens is 228 g/mol. The van der Waals surface area contributed by atoms with Crippen molar-refractivity contribution >= 4 is 11.4 Å². The molecule has 5 heteroatoms. The van der Waals surface area contributed by atoms with Crippen molar-refractivity contribution in [1.29, 1.82) is 0 Å². The normalized spacial score (nSPS) is 10.1. The molecule has 0 aliphatic rings. The van der Waals surface area contributed by atoms with Crippen molar-refractivity contribution in [1.82, 2.24) is 9.97 Å². The first-order valence-electron chi connectivity index (χ1n) is 5.81. The highest BCUT2D eigenvalue weighted by molar-refractivity contribution is 5.53. The predicted octanol–water partition coefficient (Wildman–Crippen LogP) is 2.07. The van der Waals surface area contributed by atoms with Gasteiger partial charge in [-0.3, -0.25) is 0 Å². The second-order valence-electron chi connectivity index (χ2n) is 3.73. The number of nitrogens with two attached hydrogens (primary N) is 1. The number of nitrogens with zero attached hydrogens (tertiary/aromatic N) is 2. The average molecular weight is 244 g/mol. The van der Waals surface area contributed by atoms with E-state index in [4.69, 9.17) is 10.5 Å². The van der Waals surface area contributed by atoms with Gasteiger partial charge >= 0.3 is 0 Å². The van der Waals surface area contributed by atoms with Crippen LogP contribution in [0.5, 0.6) is 5.88 Å². The molecule has 18 heavy (non-hydrogen) atoms. The molecule has 5 nitrogen and oxygen atoms in total. The maximum absolute atomic E-state index is 5.88. The molecule has 94 valence electrons. The third-order valence-corrected chi connectivity index (χ3v) is 2.48. The third-order valence-electron chi connectivity index (χ3n) is 2.48. The standard InChI is InChI=1S/C13H16N4O/c1-2-18-13-12(8-15-9-17-13)16-7-10-5-3-4-6-11(10)14/h3-6,8-9,16H,2,7,14H2,1H3. The summed E-state index contributed by atoms with van der Waals surface area (Å²) in [6.45, 7) is 3.10. The van der Waals surface area contributed by atoms with Gasteiger partial charge in [-0.15, -0.1) is 0 Å². The van der Waals surface area contributed by atoms with E-state index in [2.05, 4.69) is 15.3 Å². The van der Waals surface area contributed by atoms with E-state index in [0.717, 1.165) is 16.9 Å². The van der Waals surface area contributed by atoms with E-state index in [-0.39, 0.29) is 0 Å². The summed E-state index contributed by atoms with van der Waals surface area (Å²) in [5.74, 6) is 0.557. The number of aromatic nitrogens is 2. The highest BCUT2D eigenvalue weighted by Gasteiger charge is 2.05. The number of ether oxygens (including phenoxy) is 1. The van der Waals surface area contributed by atoms with Gasteiger partial charge in [-0.2, -0.15) is 0 Å². The fraction of sp³-hybridized carbons (Fsp3) is 0.231. The van der Waals surface area contributed by atoms with Crippen LogP contribution >= 0.6 is 0 Å². The summed E-state index contributed by atoms with van der Waals surface area (Å²) >= 11 is 0. The summed E-state index contributed by atoms with van der Waals surface area (Å²) in [6.07, 6.45) is 3.16. The van der Waals surface area contributed by atoms with Crippen molar-refractivity contribution in [2.24, 2.45) is 0 Å². The van der Waals surface area contributed by atoms with Gasteiger partial charge in [-0.25, -0.2) is 9.97 Å². The molecule has 0 atom stereocenters. The smallest absolute Gasteiger partial charge is 0.240 e. The largest absolute Gasteiger partial charge is 0.476 e. The molecule has 2 rings (SSSR count). The zero-order valence-corrected chi connectivity index (χ0v) is 10.3. The number of rotatable bonds is 5. The van der Waals surface area contributed by atoms with E-state index in [9.17, 15) is 0 Å². The first-order valence-corrected chi connectivity index (χ1v) is 5.81. The number of nitrogens with one attached hydrogen (secondary N) is 1. The number of hydrogen-bond donors (Lipinski definition) is 2. The van der Waals surface area contributed by atoms with Crippen LogP contribution in [0.4, 0.5) is 11.4 Å². The van der Waals surface area contributed by atoms with E-state index < -0.39 is 0 Å². The first kappa shape index (κ1) is 12.2. The fourth-order valence-corrected chi connectivity index (χ4v) is 1.58. The Morgan fingerprint density at radius 2 is 2.17 bits per heavy atom. The molecule has 0 aliphatic heterocycles. The van der Waals surface area contributed by atoms with Crippen molar-refractivity contribution in [3.8, 4) is 5.88 Å². The monoisotopic (exact) mass is 244 g/mol. The molecule has 1 aromatic carbocycles. The number of hydrogen-bond acceptors (Lipinski definition) is 5. The van der Waals surface area contributed by atoms with Crippen molar-refractivity contribution in [2.75, 3.05) is 17.7 Å². The minimum absolute atomic E-state index is 0.557. The van der Waals surface area contributed by atoms with Gasteiger partial charge in [0, 0.05) is 12.2 Å². The molecule has 2 aromatic rings. The molecule has 0 saturated carbocycles. The highest BCUT2D eigenvalue weighted by atomic mass is 16.5. The van der Waals surface area contributed by atoms with Crippen LogP contribution in [0.1, 0.15) is 12.5 Å². The van der Waals surface area contributed by atoms with Gasteiger partial charge in [-0.05, 0) is 18.6 Å². The number of nitrogen functional groups attached to an aromatic ring is 1. The number of para-hydroxylation sites is 1. The number of benzene rings is 1. The summed E-state index contributed by atoms with van der Waals surface area (Å²) in [7, 11) is 0. The Balaban J connectivity index is 2.08. The maximum atomic E-state index is 5.88. The lowest BCUT2D eigenvalue weighted by atomic mass is 10.2. The highest BCUT2D eigenvalue weighted by Crippen LogP contribution is 2.21. The van der Waals surface area contributed by atoms with E-state index >= 15 is 0 Å². The van der Waals surface area contributed by atoms with Crippen LogP contribution in [0.25, 0.3) is 0 Å². The van der Waals surface area contributed by atoms with Gasteiger partial charge in [0.1, 0.15) is 12.0 Å². The summed E-state index contributed by atoms with van der Waals surface area (Å²) in [6, 6.07) is 7.73. The quantitative estimate of drug-likeness (QED) is 0.788. The summed E-state index contributed by atoms with van der Waals surface area (Å²) in [5, 5.41) is 3.23. The molecule has 3 N–H and O–H groups in total. The van der Waals surface area contributed by atoms with E-state index in [1.807, 2.05) is 31.2 Å². The van der Waals surface area contributed by atoms with Crippen LogP contribution < -0.4 is 15.8 Å². The Labute approximate surface area is 106 Å².